The zero-order valence-electron chi connectivity index (χ0n) is 12.6. The third kappa shape index (κ3) is 6.55. The highest BCUT2D eigenvalue weighted by molar-refractivity contribution is 4.76. The lowest BCUT2D eigenvalue weighted by atomic mass is 9.73. The maximum absolute atomic E-state index is 2.47. The van der Waals surface area contributed by atoms with Crippen LogP contribution in [-0.2, 0) is 0 Å². The first-order chi connectivity index (χ1) is 7.46. The summed E-state index contributed by atoms with van der Waals surface area (Å²) in [6.45, 7) is 14.3. The molecule has 0 rings (SSSR count). The van der Waals surface area contributed by atoms with Crippen LogP contribution in [0.4, 0.5) is 0 Å². The van der Waals surface area contributed by atoms with Gasteiger partial charge in [-0.3, -0.25) is 0 Å². The van der Waals surface area contributed by atoms with Crippen molar-refractivity contribution in [3.05, 3.63) is 0 Å². The summed E-state index contributed by atoms with van der Waals surface area (Å²) in [5.74, 6) is 1.85. The van der Waals surface area contributed by atoms with Crippen LogP contribution in [0.25, 0.3) is 0 Å². The molecule has 0 saturated heterocycles. The quantitative estimate of drug-likeness (QED) is 0.448. The van der Waals surface area contributed by atoms with Crippen molar-refractivity contribution in [3.8, 4) is 0 Å². The summed E-state index contributed by atoms with van der Waals surface area (Å²) in [5.41, 5.74) is 0.555. The van der Waals surface area contributed by atoms with Gasteiger partial charge in [0, 0.05) is 0 Å². The molecule has 0 aromatic heterocycles. The van der Waals surface area contributed by atoms with Crippen LogP contribution >= 0.6 is 0 Å². The molecule has 0 bridgehead atoms. The molecule has 16 heavy (non-hydrogen) atoms. The fourth-order valence-corrected chi connectivity index (χ4v) is 2.76. The number of unbranched alkanes of at least 4 members (excludes halogenated alkanes) is 1. The van der Waals surface area contributed by atoms with Crippen LogP contribution in [0, 0.1) is 17.3 Å². The minimum absolute atomic E-state index is 0.555. The molecule has 0 aliphatic heterocycles. The standard InChI is InChI=1S/C16H34/c1-7-10-12-16(5,6)13-15(11-8-2)14(4)9-3/h14-15H,7-13H2,1-6H3. The fraction of sp³-hybridized carbons (Fsp3) is 1.00. The van der Waals surface area contributed by atoms with E-state index in [9.17, 15) is 0 Å². The summed E-state index contributed by atoms with van der Waals surface area (Å²) in [6.07, 6.45) is 9.67. The molecule has 0 heterocycles. The molecular weight excluding hydrogens is 192 g/mol. The molecule has 98 valence electrons. The first-order valence-corrected chi connectivity index (χ1v) is 7.46. The SMILES string of the molecule is CCCCC(C)(C)CC(CCC)C(C)CC. The Hall–Kier alpha value is 0. The van der Waals surface area contributed by atoms with Gasteiger partial charge in [-0.25, -0.2) is 0 Å². The molecular formula is C16H34. The molecule has 0 saturated carbocycles. The summed E-state index contributed by atoms with van der Waals surface area (Å²) in [6, 6.07) is 0. The van der Waals surface area contributed by atoms with Crippen LogP contribution in [0.5, 0.6) is 0 Å². The van der Waals surface area contributed by atoms with Gasteiger partial charge in [0.15, 0.2) is 0 Å². The minimum atomic E-state index is 0.555. The van der Waals surface area contributed by atoms with Crippen LogP contribution < -0.4 is 0 Å². The maximum Gasteiger partial charge on any atom is -0.0351 e. The third-order valence-corrected chi connectivity index (χ3v) is 4.13. The Morgan fingerprint density at radius 1 is 1.00 bits per heavy atom. The highest BCUT2D eigenvalue weighted by Crippen LogP contribution is 2.36. The van der Waals surface area contributed by atoms with Gasteiger partial charge in [0.05, 0.1) is 0 Å². The molecule has 0 spiro atoms. The molecule has 0 radical (unpaired) electrons. The van der Waals surface area contributed by atoms with Crippen molar-refractivity contribution < 1.29 is 0 Å². The number of hydrogen-bond acceptors (Lipinski definition) is 0. The first kappa shape index (κ1) is 16.0. The van der Waals surface area contributed by atoms with E-state index in [1.165, 1.54) is 44.9 Å². The normalized spacial score (nSPS) is 16.1. The van der Waals surface area contributed by atoms with Crippen LogP contribution in [0.1, 0.15) is 86.5 Å². The van der Waals surface area contributed by atoms with E-state index in [4.69, 9.17) is 0 Å². The fourth-order valence-electron chi connectivity index (χ4n) is 2.76. The van der Waals surface area contributed by atoms with Crippen molar-refractivity contribution in [3.63, 3.8) is 0 Å². The molecule has 0 fully saturated rings. The Bertz CT molecular complexity index is 157. The summed E-state index contributed by atoms with van der Waals surface area (Å²) in [4.78, 5) is 0. The number of hydrogen-bond donors (Lipinski definition) is 0. The predicted octanol–water partition coefficient (Wildman–Crippen LogP) is 6.06. The topological polar surface area (TPSA) is 0 Å². The van der Waals surface area contributed by atoms with Crippen molar-refractivity contribution in [2.45, 2.75) is 86.5 Å². The van der Waals surface area contributed by atoms with Crippen molar-refractivity contribution in [2.75, 3.05) is 0 Å². The molecule has 0 aromatic carbocycles. The zero-order valence-corrected chi connectivity index (χ0v) is 12.6. The van der Waals surface area contributed by atoms with Gasteiger partial charge >= 0.3 is 0 Å². The lowest BCUT2D eigenvalue weighted by molar-refractivity contribution is 0.186. The van der Waals surface area contributed by atoms with Crippen LogP contribution in [0.2, 0.25) is 0 Å². The second kappa shape index (κ2) is 8.14. The van der Waals surface area contributed by atoms with Crippen molar-refractivity contribution in [1.82, 2.24) is 0 Å². The summed E-state index contributed by atoms with van der Waals surface area (Å²) in [5, 5.41) is 0. The van der Waals surface area contributed by atoms with E-state index in [1.807, 2.05) is 0 Å². The van der Waals surface area contributed by atoms with Crippen LogP contribution in [-0.4, -0.2) is 0 Å². The molecule has 0 aromatic rings. The molecule has 0 amide bonds. The maximum atomic E-state index is 2.47. The summed E-state index contributed by atoms with van der Waals surface area (Å²) < 4.78 is 0. The van der Waals surface area contributed by atoms with Crippen molar-refractivity contribution >= 4 is 0 Å². The molecule has 0 aliphatic carbocycles. The van der Waals surface area contributed by atoms with Crippen molar-refractivity contribution in [1.29, 1.82) is 0 Å². The molecule has 0 N–H and O–H groups in total. The van der Waals surface area contributed by atoms with Gasteiger partial charge in [0.1, 0.15) is 0 Å². The minimum Gasteiger partial charge on any atom is -0.0654 e. The van der Waals surface area contributed by atoms with E-state index in [1.54, 1.807) is 0 Å². The van der Waals surface area contributed by atoms with E-state index in [2.05, 4.69) is 41.5 Å². The van der Waals surface area contributed by atoms with Gasteiger partial charge in [-0.1, -0.05) is 73.6 Å². The summed E-state index contributed by atoms with van der Waals surface area (Å²) >= 11 is 0. The smallest absolute Gasteiger partial charge is 0.0351 e. The lowest BCUT2D eigenvalue weighted by Crippen LogP contribution is -2.21. The molecule has 0 aliphatic rings. The average molecular weight is 226 g/mol. The molecule has 2 atom stereocenters. The van der Waals surface area contributed by atoms with Gasteiger partial charge in [0.25, 0.3) is 0 Å². The highest BCUT2D eigenvalue weighted by atomic mass is 14.3. The van der Waals surface area contributed by atoms with Gasteiger partial charge in [-0.2, -0.15) is 0 Å². The second-order valence-corrected chi connectivity index (χ2v) is 6.41. The molecule has 2 unspecified atom stereocenters. The Labute approximate surface area is 104 Å². The third-order valence-electron chi connectivity index (χ3n) is 4.13. The van der Waals surface area contributed by atoms with E-state index < -0.39 is 0 Å². The Morgan fingerprint density at radius 2 is 1.62 bits per heavy atom. The van der Waals surface area contributed by atoms with E-state index in [0.29, 0.717) is 5.41 Å². The number of rotatable bonds is 9. The van der Waals surface area contributed by atoms with E-state index in [0.717, 1.165) is 11.8 Å². The highest BCUT2D eigenvalue weighted by Gasteiger charge is 2.25. The van der Waals surface area contributed by atoms with E-state index in [-0.39, 0.29) is 0 Å². The summed E-state index contributed by atoms with van der Waals surface area (Å²) in [7, 11) is 0. The van der Waals surface area contributed by atoms with Crippen LogP contribution in [0.15, 0.2) is 0 Å². The Balaban J connectivity index is 4.24. The second-order valence-electron chi connectivity index (χ2n) is 6.41. The Kier molecular flexibility index (Phi) is 8.14. The van der Waals surface area contributed by atoms with E-state index >= 15 is 0 Å². The molecule has 0 heteroatoms. The van der Waals surface area contributed by atoms with Gasteiger partial charge < -0.3 is 0 Å². The monoisotopic (exact) mass is 226 g/mol. The average Bonchev–Trinajstić information content (AvgIpc) is 2.24. The predicted molar refractivity (Wildman–Crippen MR) is 75.8 cm³/mol. The van der Waals surface area contributed by atoms with Crippen LogP contribution in [0.3, 0.4) is 0 Å². The van der Waals surface area contributed by atoms with Gasteiger partial charge in [-0.15, -0.1) is 0 Å². The lowest BCUT2D eigenvalue weighted by Gasteiger charge is -2.33. The van der Waals surface area contributed by atoms with Gasteiger partial charge in [0.2, 0.25) is 0 Å². The zero-order chi connectivity index (χ0) is 12.6. The molecule has 0 nitrogen and oxygen atoms in total. The van der Waals surface area contributed by atoms with Crippen molar-refractivity contribution in [2.24, 2.45) is 17.3 Å². The van der Waals surface area contributed by atoms with Gasteiger partial charge in [-0.05, 0) is 30.1 Å². The first-order valence-electron chi connectivity index (χ1n) is 7.46. The largest absolute Gasteiger partial charge is 0.0654 e. The Morgan fingerprint density at radius 3 is 2.06 bits per heavy atom.